The van der Waals surface area contributed by atoms with Gasteiger partial charge in [0.1, 0.15) is 0 Å². The molecule has 3 rings (SSSR count). The van der Waals surface area contributed by atoms with E-state index in [0.717, 1.165) is 43.0 Å². The fourth-order valence-electron chi connectivity index (χ4n) is 4.97. The Hall–Kier alpha value is -2.14. The molecule has 0 radical (unpaired) electrons. The molecule has 1 heterocycles. The number of nitrogens with zero attached hydrogens (tertiary/aromatic N) is 2. The molecule has 2 aliphatic rings. The largest absolute Gasteiger partial charge is 0.343 e. The van der Waals surface area contributed by atoms with Crippen molar-refractivity contribution in [2.45, 2.75) is 64.5 Å². The molecule has 30 heavy (non-hydrogen) atoms. The summed E-state index contributed by atoms with van der Waals surface area (Å²) in [5.41, 5.74) is 2.13. The quantitative estimate of drug-likeness (QED) is 0.728. The Labute approximate surface area is 181 Å². The second-order valence-electron chi connectivity index (χ2n) is 9.01. The van der Waals surface area contributed by atoms with Crippen molar-refractivity contribution >= 4 is 17.9 Å². The van der Waals surface area contributed by atoms with Gasteiger partial charge in [0.05, 0.1) is 6.54 Å². The van der Waals surface area contributed by atoms with Gasteiger partial charge >= 0.3 is 0 Å². The van der Waals surface area contributed by atoms with Crippen LogP contribution in [0.15, 0.2) is 30.3 Å². The molecule has 1 aromatic rings. The molecule has 1 N–H and O–H groups in total. The van der Waals surface area contributed by atoms with Crippen LogP contribution in [-0.2, 0) is 9.59 Å². The topological polar surface area (TPSA) is 52.7 Å². The number of benzene rings is 1. The first kappa shape index (κ1) is 22.5. The number of hydrogen-bond acceptors (Lipinski definition) is 3. The molecule has 1 aliphatic carbocycles. The highest BCUT2D eigenvalue weighted by Crippen LogP contribution is 2.30. The third-order valence-electron chi connectivity index (χ3n) is 7.00. The number of aryl methyl sites for hydroxylation is 1. The van der Waals surface area contributed by atoms with Gasteiger partial charge in [-0.05, 0) is 62.8 Å². The Morgan fingerprint density at radius 2 is 1.83 bits per heavy atom. The molecule has 2 atom stereocenters. The zero-order valence-electron chi connectivity index (χ0n) is 18.8. The molecular formula is C25H37N3O2. The number of nitrogens with one attached hydrogen (secondary N) is 1. The summed E-state index contributed by atoms with van der Waals surface area (Å²) in [6.45, 7) is 6.02. The molecule has 5 heteroatoms. The van der Waals surface area contributed by atoms with Gasteiger partial charge in [-0.3, -0.25) is 9.59 Å². The maximum absolute atomic E-state index is 12.5. The lowest BCUT2D eigenvalue weighted by molar-refractivity contribution is -0.133. The Kier molecular flexibility index (Phi) is 8.08. The van der Waals surface area contributed by atoms with Gasteiger partial charge in [-0.2, -0.15) is 0 Å². The molecule has 2 amide bonds. The minimum Gasteiger partial charge on any atom is -0.343 e. The van der Waals surface area contributed by atoms with Crippen LogP contribution in [0.1, 0.15) is 56.6 Å². The van der Waals surface area contributed by atoms with Crippen LogP contribution in [0.3, 0.4) is 0 Å². The summed E-state index contributed by atoms with van der Waals surface area (Å²) < 4.78 is 0. The zero-order valence-corrected chi connectivity index (χ0v) is 18.8. The summed E-state index contributed by atoms with van der Waals surface area (Å²) in [6.07, 6.45) is 10.7. The van der Waals surface area contributed by atoms with Gasteiger partial charge in [0, 0.05) is 31.2 Å². The predicted octanol–water partition coefficient (Wildman–Crippen LogP) is 3.63. The minimum absolute atomic E-state index is 0.0137. The van der Waals surface area contributed by atoms with Crippen molar-refractivity contribution in [3.63, 3.8) is 0 Å². The third kappa shape index (κ3) is 5.94. The zero-order chi connectivity index (χ0) is 21.5. The van der Waals surface area contributed by atoms with Crippen molar-refractivity contribution < 1.29 is 9.59 Å². The summed E-state index contributed by atoms with van der Waals surface area (Å²) in [4.78, 5) is 29.1. The van der Waals surface area contributed by atoms with Crippen LogP contribution in [-0.4, -0.2) is 60.4 Å². The lowest BCUT2D eigenvalue weighted by atomic mass is 9.84. The van der Waals surface area contributed by atoms with E-state index >= 15 is 0 Å². The van der Waals surface area contributed by atoms with Gasteiger partial charge in [-0.1, -0.05) is 44.0 Å². The van der Waals surface area contributed by atoms with Crippen LogP contribution in [0.25, 0.3) is 6.08 Å². The summed E-state index contributed by atoms with van der Waals surface area (Å²) in [5.74, 6) is 0.554. The number of piperidine rings is 1. The SMILES string of the molecule is Cc1ccccc1/C=C/C(=O)NCC(=O)N1CCC(N(C)[C@H]2CCCC[C@@H]2C)CC1. The second kappa shape index (κ2) is 10.8. The molecular weight excluding hydrogens is 374 g/mol. The minimum atomic E-state index is -0.229. The predicted molar refractivity (Wildman–Crippen MR) is 122 cm³/mol. The summed E-state index contributed by atoms with van der Waals surface area (Å²) in [5, 5.41) is 2.73. The molecule has 1 aliphatic heterocycles. The molecule has 0 spiro atoms. The highest BCUT2D eigenvalue weighted by Gasteiger charge is 2.32. The second-order valence-corrected chi connectivity index (χ2v) is 9.01. The Morgan fingerprint density at radius 3 is 2.53 bits per heavy atom. The van der Waals surface area contributed by atoms with Gasteiger partial charge in [0.15, 0.2) is 0 Å². The van der Waals surface area contributed by atoms with Crippen LogP contribution in [0.5, 0.6) is 0 Å². The normalized spacial score (nSPS) is 23.1. The van der Waals surface area contributed by atoms with Crippen molar-refractivity contribution in [3.05, 3.63) is 41.5 Å². The molecule has 0 unspecified atom stereocenters. The van der Waals surface area contributed by atoms with Crippen LogP contribution >= 0.6 is 0 Å². The lowest BCUT2D eigenvalue weighted by Gasteiger charge is -2.44. The monoisotopic (exact) mass is 411 g/mol. The standard InChI is InChI=1S/C25H37N3O2/c1-19-8-4-6-10-21(19)12-13-24(29)26-18-25(30)28-16-14-22(15-17-28)27(3)23-11-7-5-9-20(23)2/h4,6,8,10,12-13,20,22-23H,5,7,9,11,14-18H2,1-3H3,(H,26,29)/b13-12+/t20-,23-/m0/s1. The van der Waals surface area contributed by atoms with Crippen molar-refractivity contribution in [2.24, 2.45) is 5.92 Å². The van der Waals surface area contributed by atoms with Gasteiger partial charge in [-0.15, -0.1) is 0 Å². The average Bonchev–Trinajstić information content (AvgIpc) is 2.77. The van der Waals surface area contributed by atoms with Crippen LogP contribution < -0.4 is 5.32 Å². The first-order valence-corrected chi connectivity index (χ1v) is 11.5. The van der Waals surface area contributed by atoms with E-state index in [0.29, 0.717) is 12.1 Å². The van der Waals surface area contributed by atoms with Gasteiger partial charge in [0.25, 0.3) is 0 Å². The van der Waals surface area contributed by atoms with Gasteiger partial charge < -0.3 is 15.1 Å². The molecule has 1 saturated heterocycles. The van der Waals surface area contributed by atoms with E-state index in [2.05, 4.69) is 24.2 Å². The van der Waals surface area contributed by atoms with Crippen molar-refractivity contribution in [1.82, 2.24) is 15.1 Å². The number of hydrogen-bond donors (Lipinski definition) is 1. The van der Waals surface area contributed by atoms with E-state index in [1.165, 1.54) is 31.8 Å². The highest BCUT2D eigenvalue weighted by molar-refractivity contribution is 5.94. The maximum Gasteiger partial charge on any atom is 0.244 e. The van der Waals surface area contributed by atoms with Crippen molar-refractivity contribution in [2.75, 3.05) is 26.7 Å². The lowest BCUT2D eigenvalue weighted by Crippen LogP contribution is -2.51. The molecule has 164 valence electrons. The van der Waals surface area contributed by atoms with Gasteiger partial charge in [0.2, 0.25) is 11.8 Å². The van der Waals surface area contributed by atoms with E-state index in [1.54, 1.807) is 6.08 Å². The smallest absolute Gasteiger partial charge is 0.244 e. The first-order chi connectivity index (χ1) is 14.5. The maximum atomic E-state index is 12.5. The first-order valence-electron chi connectivity index (χ1n) is 11.5. The van der Waals surface area contributed by atoms with Crippen molar-refractivity contribution in [1.29, 1.82) is 0 Å². The molecule has 0 aromatic heterocycles. The average molecular weight is 412 g/mol. The van der Waals surface area contributed by atoms with E-state index in [1.807, 2.05) is 36.1 Å². The van der Waals surface area contributed by atoms with Crippen molar-refractivity contribution in [3.8, 4) is 0 Å². The third-order valence-corrected chi connectivity index (χ3v) is 7.00. The Morgan fingerprint density at radius 1 is 1.13 bits per heavy atom. The molecule has 1 aromatic carbocycles. The van der Waals surface area contributed by atoms with E-state index in [9.17, 15) is 9.59 Å². The number of rotatable bonds is 6. The summed E-state index contributed by atoms with van der Waals surface area (Å²) in [6, 6.07) is 9.15. The molecule has 0 bridgehead atoms. The number of carbonyl (C=O) groups excluding carboxylic acids is 2. The van der Waals surface area contributed by atoms with Crippen LogP contribution in [0, 0.1) is 12.8 Å². The number of likely N-dealkylation sites (tertiary alicyclic amines) is 1. The Bertz CT molecular complexity index is 753. The number of carbonyl (C=O) groups is 2. The molecule has 5 nitrogen and oxygen atoms in total. The van der Waals surface area contributed by atoms with E-state index in [4.69, 9.17) is 0 Å². The fraction of sp³-hybridized carbons (Fsp3) is 0.600. The van der Waals surface area contributed by atoms with Gasteiger partial charge in [-0.25, -0.2) is 0 Å². The molecule has 1 saturated carbocycles. The summed E-state index contributed by atoms with van der Waals surface area (Å²) in [7, 11) is 2.27. The summed E-state index contributed by atoms with van der Waals surface area (Å²) >= 11 is 0. The highest BCUT2D eigenvalue weighted by atomic mass is 16.2. The van der Waals surface area contributed by atoms with Crippen LogP contribution in [0.2, 0.25) is 0 Å². The van der Waals surface area contributed by atoms with Crippen LogP contribution in [0.4, 0.5) is 0 Å². The molecule has 2 fully saturated rings. The van der Waals surface area contributed by atoms with E-state index < -0.39 is 0 Å². The Balaban J connectivity index is 1.41. The number of amides is 2. The van der Waals surface area contributed by atoms with E-state index in [-0.39, 0.29) is 18.4 Å². The fourth-order valence-corrected chi connectivity index (χ4v) is 4.97.